The van der Waals surface area contributed by atoms with Gasteiger partial charge in [-0.2, -0.15) is 4.99 Å². The maximum Gasteiger partial charge on any atom is 0.332 e. The molecule has 0 bridgehead atoms. The number of hydrogen-bond donors (Lipinski definition) is 1. The molecule has 0 saturated heterocycles. The molecule has 6 heteroatoms. The van der Waals surface area contributed by atoms with E-state index in [-0.39, 0.29) is 13.0 Å². The van der Waals surface area contributed by atoms with Gasteiger partial charge in [0.1, 0.15) is 6.61 Å². The highest BCUT2D eigenvalue weighted by Gasteiger charge is 2.21. The van der Waals surface area contributed by atoms with Crippen molar-refractivity contribution in [2.24, 2.45) is 10.7 Å². The SMILES string of the molecule is NC(=O)CC(N=C=O)C(=O)OCc1ccccc1. The third kappa shape index (κ3) is 4.59. The van der Waals surface area contributed by atoms with Crippen LogP contribution in [0.4, 0.5) is 0 Å². The Kier molecular flexibility index (Phi) is 5.28. The van der Waals surface area contributed by atoms with Crippen LogP contribution in [0.5, 0.6) is 0 Å². The Hall–Kier alpha value is -2.46. The summed E-state index contributed by atoms with van der Waals surface area (Å²) in [6.45, 7) is 0.0450. The van der Waals surface area contributed by atoms with Crippen LogP contribution in [0.25, 0.3) is 0 Å². The standard InChI is InChI=1S/C12H12N2O4/c13-11(16)6-10(14-8-15)12(17)18-7-9-4-2-1-3-5-9/h1-5,10H,6-7H2,(H2,13,16). The molecular weight excluding hydrogens is 236 g/mol. The van der Waals surface area contributed by atoms with Gasteiger partial charge >= 0.3 is 5.97 Å². The third-order valence-electron chi connectivity index (χ3n) is 2.10. The minimum absolute atomic E-state index is 0.0450. The first kappa shape index (κ1) is 13.6. The van der Waals surface area contributed by atoms with Gasteiger partial charge in [0.25, 0.3) is 0 Å². The third-order valence-corrected chi connectivity index (χ3v) is 2.10. The summed E-state index contributed by atoms with van der Waals surface area (Å²) in [7, 11) is 0. The maximum absolute atomic E-state index is 11.5. The number of ether oxygens (including phenoxy) is 1. The number of benzene rings is 1. The number of amides is 1. The summed E-state index contributed by atoms with van der Waals surface area (Å²) >= 11 is 0. The number of hydrogen-bond acceptors (Lipinski definition) is 5. The number of nitrogens with zero attached hydrogens (tertiary/aromatic N) is 1. The second-order valence-corrected chi connectivity index (χ2v) is 3.50. The van der Waals surface area contributed by atoms with Crippen molar-refractivity contribution in [3.05, 3.63) is 35.9 Å². The van der Waals surface area contributed by atoms with Crippen molar-refractivity contribution in [3.63, 3.8) is 0 Å². The van der Waals surface area contributed by atoms with Crippen LogP contribution in [-0.4, -0.2) is 24.0 Å². The van der Waals surface area contributed by atoms with E-state index >= 15 is 0 Å². The van der Waals surface area contributed by atoms with Crippen LogP contribution in [0.15, 0.2) is 35.3 Å². The van der Waals surface area contributed by atoms with Gasteiger partial charge in [0.2, 0.25) is 12.0 Å². The summed E-state index contributed by atoms with van der Waals surface area (Å²) in [5.74, 6) is -1.52. The average Bonchev–Trinajstić information content (AvgIpc) is 2.36. The zero-order chi connectivity index (χ0) is 13.4. The molecule has 18 heavy (non-hydrogen) atoms. The number of primary amides is 1. The smallest absolute Gasteiger partial charge is 0.332 e. The van der Waals surface area contributed by atoms with Crippen molar-refractivity contribution < 1.29 is 19.1 Å². The Bertz CT molecular complexity index is 466. The van der Waals surface area contributed by atoms with E-state index in [0.29, 0.717) is 0 Å². The highest BCUT2D eigenvalue weighted by atomic mass is 16.5. The topological polar surface area (TPSA) is 98.8 Å². The summed E-state index contributed by atoms with van der Waals surface area (Å²) in [5, 5.41) is 0. The zero-order valence-electron chi connectivity index (χ0n) is 9.54. The molecule has 1 amide bonds. The van der Waals surface area contributed by atoms with Crippen LogP contribution in [0.3, 0.4) is 0 Å². The number of esters is 1. The van der Waals surface area contributed by atoms with Gasteiger partial charge in [-0.1, -0.05) is 30.3 Å². The van der Waals surface area contributed by atoms with Gasteiger partial charge in [-0.05, 0) is 5.56 Å². The fraction of sp³-hybridized carbons (Fsp3) is 0.250. The van der Waals surface area contributed by atoms with E-state index in [2.05, 4.69) is 4.99 Å². The van der Waals surface area contributed by atoms with E-state index in [9.17, 15) is 14.4 Å². The largest absolute Gasteiger partial charge is 0.459 e. The molecule has 1 aromatic rings. The van der Waals surface area contributed by atoms with E-state index in [1.807, 2.05) is 6.07 Å². The fourth-order valence-corrected chi connectivity index (χ4v) is 1.26. The second kappa shape index (κ2) is 6.98. The summed E-state index contributed by atoms with van der Waals surface area (Å²) in [4.78, 5) is 35.5. The Balaban J connectivity index is 2.56. The molecular formula is C12H12N2O4. The number of aliphatic imine (C=N–C) groups is 1. The Labute approximate surface area is 103 Å². The Morgan fingerprint density at radius 3 is 2.56 bits per heavy atom. The molecule has 0 aliphatic heterocycles. The average molecular weight is 248 g/mol. The van der Waals surface area contributed by atoms with Gasteiger partial charge in [0.05, 0.1) is 6.42 Å². The van der Waals surface area contributed by atoms with Crippen LogP contribution in [0.1, 0.15) is 12.0 Å². The molecule has 0 aromatic heterocycles. The maximum atomic E-state index is 11.5. The van der Waals surface area contributed by atoms with Gasteiger partial charge in [-0.3, -0.25) is 4.79 Å². The first-order valence-electron chi connectivity index (χ1n) is 5.19. The van der Waals surface area contributed by atoms with Gasteiger partial charge in [-0.25, -0.2) is 9.59 Å². The normalized spacial score (nSPS) is 11.1. The summed E-state index contributed by atoms with van der Waals surface area (Å²) in [6.07, 6.45) is 0.846. The van der Waals surface area contributed by atoms with Gasteiger partial charge < -0.3 is 10.5 Å². The number of isocyanates is 1. The van der Waals surface area contributed by atoms with Gasteiger partial charge in [0, 0.05) is 0 Å². The molecule has 6 nitrogen and oxygen atoms in total. The lowest BCUT2D eigenvalue weighted by atomic mass is 10.2. The number of carbonyl (C=O) groups is 2. The molecule has 1 unspecified atom stereocenters. The molecule has 0 fully saturated rings. The minimum Gasteiger partial charge on any atom is -0.459 e. The second-order valence-electron chi connectivity index (χ2n) is 3.50. The molecule has 0 aliphatic rings. The van der Waals surface area contributed by atoms with E-state index < -0.39 is 17.9 Å². The molecule has 1 rings (SSSR count). The van der Waals surface area contributed by atoms with Gasteiger partial charge in [-0.15, -0.1) is 0 Å². The fourth-order valence-electron chi connectivity index (χ4n) is 1.26. The van der Waals surface area contributed by atoms with Crippen molar-refractivity contribution in [1.29, 1.82) is 0 Å². The van der Waals surface area contributed by atoms with Crippen LogP contribution in [0, 0.1) is 0 Å². The van der Waals surface area contributed by atoms with Crippen molar-refractivity contribution in [3.8, 4) is 0 Å². The molecule has 1 atom stereocenters. The highest BCUT2D eigenvalue weighted by molar-refractivity contribution is 5.85. The molecule has 2 N–H and O–H groups in total. The molecule has 94 valence electrons. The molecule has 0 heterocycles. The Morgan fingerprint density at radius 1 is 1.33 bits per heavy atom. The number of rotatable bonds is 6. The van der Waals surface area contributed by atoms with E-state index in [1.165, 1.54) is 6.08 Å². The molecule has 0 radical (unpaired) electrons. The lowest BCUT2D eigenvalue weighted by Gasteiger charge is -2.09. The summed E-state index contributed by atoms with van der Waals surface area (Å²) < 4.78 is 4.92. The first-order chi connectivity index (χ1) is 8.63. The number of nitrogens with two attached hydrogens (primary N) is 1. The molecule has 1 aromatic carbocycles. The summed E-state index contributed by atoms with van der Waals surface area (Å²) in [6, 6.07) is 7.77. The van der Waals surface area contributed by atoms with E-state index in [4.69, 9.17) is 10.5 Å². The Morgan fingerprint density at radius 2 is 2.00 bits per heavy atom. The van der Waals surface area contributed by atoms with Crippen molar-refractivity contribution in [2.75, 3.05) is 0 Å². The quantitative estimate of drug-likeness (QED) is 0.445. The number of carbonyl (C=O) groups excluding carboxylic acids is 3. The predicted octanol–water partition coefficient (Wildman–Crippen LogP) is 0.310. The van der Waals surface area contributed by atoms with Crippen molar-refractivity contribution >= 4 is 18.0 Å². The minimum atomic E-state index is -1.22. The first-order valence-corrected chi connectivity index (χ1v) is 5.19. The van der Waals surface area contributed by atoms with E-state index in [1.54, 1.807) is 24.3 Å². The zero-order valence-corrected chi connectivity index (χ0v) is 9.54. The van der Waals surface area contributed by atoms with Crippen LogP contribution >= 0.6 is 0 Å². The monoisotopic (exact) mass is 248 g/mol. The van der Waals surface area contributed by atoms with Crippen molar-refractivity contribution in [2.45, 2.75) is 19.1 Å². The van der Waals surface area contributed by atoms with E-state index in [0.717, 1.165) is 5.56 Å². The lowest BCUT2D eigenvalue weighted by molar-refractivity contribution is -0.147. The van der Waals surface area contributed by atoms with Crippen LogP contribution < -0.4 is 5.73 Å². The molecule has 0 aliphatic carbocycles. The van der Waals surface area contributed by atoms with Crippen LogP contribution in [0.2, 0.25) is 0 Å². The summed E-state index contributed by atoms with van der Waals surface area (Å²) in [5.41, 5.74) is 5.72. The van der Waals surface area contributed by atoms with Crippen LogP contribution in [-0.2, 0) is 25.7 Å². The predicted molar refractivity (Wildman–Crippen MR) is 62.0 cm³/mol. The van der Waals surface area contributed by atoms with Crippen molar-refractivity contribution in [1.82, 2.24) is 0 Å². The molecule has 0 saturated carbocycles. The molecule has 0 spiro atoms. The lowest BCUT2D eigenvalue weighted by Crippen LogP contribution is -2.27. The highest BCUT2D eigenvalue weighted by Crippen LogP contribution is 2.05. The van der Waals surface area contributed by atoms with Gasteiger partial charge in [0.15, 0.2) is 6.04 Å².